The summed E-state index contributed by atoms with van der Waals surface area (Å²) >= 11 is 0. The molecule has 2 heterocycles. The quantitative estimate of drug-likeness (QED) is 0.330. The number of carbonyl (C=O) groups excluding carboxylic acids is 3. The molecule has 2 fully saturated rings. The molecular weight excluding hydrogens is 513 g/mol. The summed E-state index contributed by atoms with van der Waals surface area (Å²) in [4.78, 5) is 44.9. The minimum atomic E-state index is -0.696. The largest absolute Gasteiger partial charge is 0.334 e. The van der Waals surface area contributed by atoms with Crippen molar-refractivity contribution in [3.05, 3.63) is 114 Å². The highest BCUT2D eigenvalue weighted by atomic mass is 16.2. The van der Waals surface area contributed by atoms with Gasteiger partial charge in [-0.3, -0.25) is 9.59 Å². The van der Waals surface area contributed by atoms with E-state index in [0.717, 1.165) is 16.7 Å². The van der Waals surface area contributed by atoms with E-state index in [-0.39, 0.29) is 37.5 Å². The van der Waals surface area contributed by atoms with Gasteiger partial charge in [0.05, 0.1) is 13.1 Å². The summed E-state index contributed by atoms with van der Waals surface area (Å²) in [7, 11) is 5.88. The Morgan fingerprint density at radius 3 is 2.20 bits per heavy atom. The Labute approximate surface area is 242 Å². The molecule has 5 rings (SSSR count). The maximum Gasteiger partial charge on any atom is 0.334 e. The topological polar surface area (TPSA) is 76.2 Å². The molecule has 2 aliphatic heterocycles. The van der Waals surface area contributed by atoms with Crippen molar-refractivity contribution in [1.29, 1.82) is 0 Å². The molecule has 0 saturated carbocycles. The van der Waals surface area contributed by atoms with Gasteiger partial charge in [0.1, 0.15) is 20.1 Å². The van der Waals surface area contributed by atoms with E-state index < -0.39 is 12.2 Å². The number of fused-ring (bicyclic) bond motifs is 1. The third-order valence-corrected chi connectivity index (χ3v) is 7.55. The van der Waals surface area contributed by atoms with Crippen LogP contribution in [-0.2, 0) is 29.1 Å². The van der Waals surface area contributed by atoms with E-state index in [9.17, 15) is 14.4 Å². The number of hydrogen-bond acceptors (Lipinski definition) is 4. The van der Waals surface area contributed by atoms with Gasteiger partial charge in [-0.25, -0.2) is 14.8 Å². The van der Waals surface area contributed by atoms with Crippen LogP contribution in [0, 0.1) is 0 Å². The number of rotatable bonds is 9. The van der Waals surface area contributed by atoms with Crippen molar-refractivity contribution in [2.24, 2.45) is 0 Å². The maximum absolute atomic E-state index is 14.0. The molecule has 9 heteroatoms. The second-order valence-corrected chi connectivity index (χ2v) is 10.4. The van der Waals surface area contributed by atoms with E-state index in [1.807, 2.05) is 72.8 Å². The van der Waals surface area contributed by atoms with Crippen LogP contribution in [0.25, 0.3) is 0 Å². The first kappa shape index (κ1) is 28.2. The molecule has 41 heavy (non-hydrogen) atoms. The molecule has 2 radical (unpaired) electrons. The van der Waals surface area contributed by atoms with Crippen molar-refractivity contribution >= 4 is 31.2 Å². The molecule has 2 atom stereocenters. The van der Waals surface area contributed by atoms with Gasteiger partial charge in [0.15, 0.2) is 0 Å². The molecule has 3 aromatic carbocycles. The van der Waals surface area contributed by atoms with Crippen molar-refractivity contribution in [2.45, 2.75) is 38.1 Å². The molecule has 208 valence electrons. The second-order valence-electron chi connectivity index (χ2n) is 10.4. The summed E-state index contributed by atoms with van der Waals surface area (Å²) in [5.41, 5.74) is 3.63. The number of hydrazine groups is 1. The molecule has 0 bridgehead atoms. The lowest BCUT2D eigenvalue weighted by Crippen LogP contribution is -2.76. The average molecular weight is 547 g/mol. The van der Waals surface area contributed by atoms with Gasteiger partial charge in [-0.05, 0) is 29.5 Å². The number of aryl methyl sites for hydroxylation is 1. The molecule has 1 N–H and O–H groups in total. The van der Waals surface area contributed by atoms with Crippen LogP contribution < -0.4 is 10.8 Å². The summed E-state index contributed by atoms with van der Waals surface area (Å²) in [6, 6.07) is 26.0. The van der Waals surface area contributed by atoms with Crippen molar-refractivity contribution in [1.82, 2.24) is 25.1 Å². The number of nitrogens with zero attached hydrogens (tertiary/aromatic N) is 4. The third-order valence-electron chi connectivity index (χ3n) is 7.55. The molecule has 0 spiro atoms. The normalized spacial score (nSPS) is 19.2. The van der Waals surface area contributed by atoms with Crippen molar-refractivity contribution in [2.75, 3.05) is 19.6 Å². The Balaban J connectivity index is 1.49. The monoisotopic (exact) mass is 547 g/mol. The fraction of sp³-hybridized carbons (Fsp3) is 0.281. The number of amides is 4. The van der Waals surface area contributed by atoms with Gasteiger partial charge in [0.25, 0.3) is 0 Å². The predicted molar refractivity (Wildman–Crippen MR) is 159 cm³/mol. The summed E-state index contributed by atoms with van der Waals surface area (Å²) in [6.07, 6.45) is 2.03. The van der Waals surface area contributed by atoms with Gasteiger partial charge in [-0.15, -0.1) is 6.58 Å². The molecule has 8 nitrogen and oxygen atoms in total. The third kappa shape index (κ3) is 6.52. The lowest BCUT2D eigenvalue weighted by Gasteiger charge is -2.55. The van der Waals surface area contributed by atoms with Gasteiger partial charge >= 0.3 is 6.03 Å². The minimum absolute atomic E-state index is 0.0316. The highest BCUT2D eigenvalue weighted by Gasteiger charge is 2.51. The summed E-state index contributed by atoms with van der Waals surface area (Å²) in [6.45, 7) is 4.88. The van der Waals surface area contributed by atoms with Gasteiger partial charge in [-0.1, -0.05) is 96.5 Å². The Hall–Kier alpha value is -4.37. The van der Waals surface area contributed by atoms with Crippen LogP contribution in [0.5, 0.6) is 0 Å². The first-order valence-electron chi connectivity index (χ1n) is 13.9. The molecule has 4 amide bonds. The number of piperazine rings is 1. The number of urea groups is 1. The maximum atomic E-state index is 14.0. The van der Waals surface area contributed by atoms with Crippen LogP contribution in [0.3, 0.4) is 0 Å². The molecular formula is C32H34BN5O3. The number of carbonyl (C=O) groups is 3. The number of hydrogen-bond donors (Lipinski definition) is 1. The molecule has 0 unspecified atom stereocenters. The average Bonchev–Trinajstić information content (AvgIpc) is 2.98. The van der Waals surface area contributed by atoms with E-state index in [1.165, 1.54) is 0 Å². The first-order chi connectivity index (χ1) is 19.9. The molecule has 2 aliphatic rings. The lowest BCUT2D eigenvalue weighted by atomic mass is 9.95. The zero-order valence-corrected chi connectivity index (χ0v) is 23.1. The van der Waals surface area contributed by atoms with Crippen LogP contribution in [0.2, 0.25) is 0 Å². The highest BCUT2D eigenvalue weighted by molar-refractivity contribution is 6.32. The lowest BCUT2D eigenvalue weighted by molar-refractivity contribution is -0.192. The van der Waals surface area contributed by atoms with E-state index in [1.54, 1.807) is 38.0 Å². The zero-order chi connectivity index (χ0) is 28.8. The standard InChI is InChI=1S/C32H34BN5O3/c1-2-19-34-32(41)38-29-22-35(20-25-11-7-4-8-12-25)31(40)28(18-15-24-9-5-3-6-10-24)37(29)30(39)23-36(38)21-26-13-16-27(33)17-14-26/h2-14,16-17,28-29H,1,15,18-23H2,(H,34,41)/t28-,29-/m0/s1. The van der Waals surface area contributed by atoms with Crippen LogP contribution in [-0.4, -0.2) is 77.4 Å². The van der Waals surface area contributed by atoms with Crippen molar-refractivity contribution < 1.29 is 14.4 Å². The zero-order valence-electron chi connectivity index (χ0n) is 23.1. The minimum Gasteiger partial charge on any atom is -0.333 e. The van der Waals surface area contributed by atoms with E-state index in [4.69, 9.17) is 7.85 Å². The van der Waals surface area contributed by atoms with Crippen LogP contribution >= 0.6 is 0 Å². The Bertz CT molecular complexity index is 1370. The smallest absolute Gasteiger partial charge is 0.333 e. The van der Waals surface area contributed by atoms with Gasteiger partial charge in [-0.2, -0.15) is 0 Å². The highest BCUT2D eigenvalue weighted by Crippen LogP contribution is 2.30. The van der Waals surface area contributed by atoms with E-state index in [0.29, 0.717) is 31.4 Å². The Morgan fingerprint density at radius 2 is 1.54 bits per heavy atom. The first-order valence-corrected chi connectivity index (χ1v) is 13.9. The molecule has 0 aromatic heterocycles. The van der Waals surface area contributed by atoms with Crippen LogP contribution in [0.4, 0.5) is 4.79 Å². The molecule has 3 aromatic rings. The Morgan fingerprint density at radius 1 is 0.902 bits per heavy atom. The molecule has 2 saturated heterocycles. The van der Waals surface area contributed by atoms with Gasteiger partial charge in [0.2, 0.25) is 11.8 Å². The number of nitrogens with one attached hydrogen (secondary N) is 1. The van der Waals surface area contributed by atoms with Crippen molar-refractivity contribution in [3.63, 3.8) is 0 Å². The SMILES string of the molecule is [B]c1ccc(CN2CC(=O)N3[C@@H](CCc4ccccc4)C(=O)N(Cc4ccccc4)C[C@@H]3N2C(=O)NCC=C)cc1. The van der Waals surface area contributed by atoms with Gasteiger partial charge in [0, 0.05) is 19.6 Å². The van der Waals surface area contributed by atoms with Crippen LogP contribution in [0.15, 0.2) is 97.6 Å². The fourth-order valence-electron chi connectivity index (χ4n) is 5.58. The molecule has 0 aliphatic carbocycles. The van der Waals surface area contributed by atoms with Crippen molar-refractivity contribution in [3.8, 4) is 0 Å². The second kappa shape index (κ2) is 12.9. The summed E-state index contributed by atoms with van der Waals surface area (Å²) in [5.74, 6) is -0.281. The summed E-state index contributed by atoms with van der Waals surface area (Å²) < 4.78 is 0. The van der Waals surface area contributed by atoms with Gasteiger partial charge < -0.3 is 15.1 Å². The van der Waals surface area contributed by atoms with E-state index >= 15 is 0 Å². The fourth-order valence-corrected chi connectivity index (χ4v) is 5.58. The van der Waals surface area contributed by atoms with E-state index in [2.05, 4.69) is 11.9 Å². The number of benzene rings is 3. The predicted octanol–water partition coefficient (Wildman–Crippen LogP) is 2.61. The van der Waals surface area contributed by atoms with Crippen LogP contribution in [0.1, 0.15) is 23.1 Å². The Kier molecular flexibility index (Phi) is 8.84. The summed E-state index contributed by atoms with van der Waals surface area (Å²) in [5, 5.41) is 6.26.